The molecule has 0 saturated heterocycles. The molecule has 1 heterocycles. The van der Waals surface area contributed by atoms with Crippen LogP contribution in [0.25, 0.3) is 21.9 Å². The summed E-state index contributed by atoms with van der Waals surface area (Å²) in [4.78, 5) is 1.83. The quantitative estimate of drug-likeness (QED) is 0.455. The molecule has 3 heteroatoms. The molecule has 0 aromatic heterocycles. The SMILES string of the molecule is O=S1c2ccccc2-c2c1cc(Br)c1ccccc21. The van der Waals surface area contributed by atoms with Gasteiger partial charge in [0.15, 0.2) is 0 Å². The third-order valence-corrected chi connectivity index (χ3v) is 5.65. The summed E-state index contributed by atoms with van der Waals surface area (Å²) in [5.41, 5.74) is 2.22. The van der Waals surface area contributed by atoms with E-state index in [0.717, 1.165) is 36.2 Å². The van der Waals surface area contributed by atoms with Crippen molar-refractivity contribution < 1.29 is 4.21 Å². The summed E-state index contributed by atoms with van der Waals surface area (Å²) in [6.45, 7) is 0. The van der Waals surface area contributed by atoms with Crippen molar-refractivity contribution in [2.75, 3.05) is 0 Å². The van der Waals surface area contributed by atoms with Gasteiger partial charge < -0.3 is 0 Å². The van der Waals surface area contributed by atoms with E-state index in [1.54, 1.807) is 0 Å². The van der Waals surface area contributed by atoms with Gasteiger partial charge >= 0.3 is 0 Å². The molecule has 0 spiro atoms. The molecule has 0 N–H and O–H groups in total. The normalized spacial score (nSPS) is 16.4. The molecule has 0 amide bonds. The van der Waals surface area contributed by atoms with Gasteiger partial charge in [0, 0.05) is 15.6 Å². The Morgan fingerprint density at radius 3 is 2.37 bits per heavy atom. The summed E-state index contributed by atoms with van der Waals surface area (Å²) < 4.78 is 13.6. The van der Waals surface area contributed by atoms with Gasteiger partial charge in [-0.1, -0.05) is 58.4 Å². The van der Waals surface area contributed by atoms with Gasteiger partial charge in [-0.15, -0.1) is 0 Å². The van der Waals surface area contributed by atoms with Crippen LogP contribution in [0.3, 0.4) is 0 Å². The summed E-state index contributed by atoms with van der Waals surface area (Å²) in [5.74, 6) is 0. The predicted molar refractivity (Wildman–Crippen MR) is 81.8 cm³/mol. The minimum atomic E-state index is -1.07. The first-order chi connectivity index (χ1) is 9.27. The van der Waals surface area contributed by atoms with E-state index >= 15 is 0 Å². The van der Waals surface area contributed by atoms with Crippen molar-refractivity contribution in [2.45, 2.75) is 9.79 Å². The molecule has 0 saturated carbocycles. The van der Waals surface area contributed by atoms with E-state index in [1.165, 1.54) is 0 Å². The first-order valence-electron chi connectivity index (χ1n) is 6.00. The highest BCUT2D eigenvalue weighted by atomic mass is 79.9. The summed E-state index contributed by atoms with van der Waals surface area (Å²) >= 11 is 3.59. The molecule has 1 aliphatic rings. The van der Waals surface area contributed by atoms with E-state index in [-0.39, 0.29) is 0 Å². The third-order valence-electron chi connectivity index (χ3n) is 3.51. The van der Waals surface area contributed by atoms with Crippen LogP contribution in [0, 0.1) is 0 Å². The van der Waals surface area contributed by atoms with Crippen LogP contribution < -0.4 is 0 Å². The summed E-state index contributed by atoms with van der Waals surface area (Å²) in [6.07, 6.45) is 0. The minimum Gasteiger partial charge on any atom is -0.249 e. The van der Waals surface area contributed by atoms with Crippen molar-refractivity contribution in [3.05, 3.63) is 59.1 Å². The lowest BCUT2D eigenvalue weighted by Crippen LogP contribution is -1.87. The highest BCUT2D eigenvalue weighted by molar-refractivity contribution is 9.10. The van der Waals surface area contributed by atoms with Gasteiger partial charge in [-0.05, 0) is 22.9 Å². The lowest BCUT2D eigenvalue weighted by Gasteiger charge is -2.07. The highest BCUT2D eigenvalue weighted by Crippen LogP contribution is 2.46. The maximum absolute atomic E-state index is 12.6. The molecule has 0 bridgehead atoms. The average Bonchev–Trinajstić information content (AvgIpc) is 2.73. The number of hydrogen-bond acceptors (Lipinski definition) is 1. The van der Waals surface area contributed by atoms with E-state index in [0.29, 0.717) is 0 Å². The number of hydrogen-bond donors (Lipinski definition) is 0. The largest absolute Gasteiger partial charge is 0.249 e. The van der Waals surface area contributed by atoms with E-state index in [2.05, 4.69) is 34.1 Å². The molecule has 0 fully saturated rings. The molecule has 1 nitrogen and oxygen atoms in total. The van der Waals surface area contributed by atoms with Gasteiger partial charge in [0.25, 0.3) is 0 Å². The monoisotopic (exact) mass is 328 g/mol. The molecule has 1 aliphatic heterocycles. The first kappa shape index (κ1) is 11.4. The Hall–Kier alpha value is -1.45. The average molecular weight is 329 g/mol. The lowest BCUT2D eigenvalue weighted by atomic mass is 9.98. The Bertz CT molecular complexity index is 854. The molecule has 92 valence electrons. The van der Waals surface area contributed by atoms with Crippen LogP contribution in [-0.2, 0) is 10.8 Å². The number of rotatable bonds is 0. The number of halogens is 1. The zero-order valence-electron chi connectivity index (χ0n) is 9.89. The molecule has 0 radical (unpaired) electrons. The smallest absolute Gasteiger partial charge is 0.0862 e. The summed E-state index contributed by atoms with van der Waals surface area (Å²) in [6, 6.07) is 18.2. The topological polar surface area (TPSA) is 17.1 Å². The Morgan fingerprint density at radius 1 is 0.842 bits per heavy atom. The van der Waals surface area contributed by atoms with Gasteiger partial charge in [-0.25, -0.2) is 4.21 Å². The van der Waals surface area contributed by atoms with Gasteiger partial charge in [-0.2, -0.15) is 0 Å². The summed E-state index contributed by atoms with van der Waals surface area (Å²) in [7, 11) is -1.07. The van der Waals surface area contributed by atoms with Crippen LogP contribution in [-0.4, -0.2) is 4.21 Å². The molecule has 0 aliphatic carbocycles. The highest BCUT2D eigenvalue weighted by Gasteiger charge is 2.27. The van der Waals surface area contributed by atoms with Crippen LogP contribution in [0.1, 0.15) is 0 Å². The van der Waals surface area contributed by atoms with Crippen molar-refractivity contribution in [3.63, 3.8) is 0 Å². The minimum absolute atomic E-state index is 0.909. The Kier molecular flexibility index (Phi) is 2.41. The maximum atomic E-state index is 12.6. The fourth-order valence-corrected chi connectivity index (χ4v) is 4.85. The fourth-order valence-electron chi connectivity index (χ4n) is 2.68. The fraction of sp³-hybridized carbons (Fsp3) is 0. The van der Waals surface area contributed by atoms with Crippen LogP contribution in [0.2, 0.25) is 0 Å². The second-order valence-electron chi connectivity index (χ2n) is 4.54. The van der Waals surface area contributed by atoms with E-state index in [4.69, 9.17) is 0 Å². The molecular formula is C16H9BrOS. The lowest BCUT2D eigenvalue weighted by molar-refractivity contribution is 0.685. The molecule has 3 aromatic rings. The van der Waals surface area contributed by atoms with E-state index in [1.807, 2.05) is 36.4 Å². The molecule has 1 atom stereocenters. The molecule has 4 rings (SSSR count). The van der Waals surface area contributed by atoms with Crippen LogP contribution in [0.15, 0.2) is 68.9 Å². The molecule has 3 aromatic carbocycles. The van der Waals surface area contributed by atoms with Crippen molar-refractivity contribution >= 4 is 37.5 Å². The van der Waals surface area contributed by atoms with Gasteiger partial charge in [0.1, 0.15) is 0 Å². The number of fused-ring (bicyclic) bond motifs is 5. The standard InChI is InChI=1S/C16H9BrOS/c17-13-9-15-16(11-6-2-1-5-10(11)13)12-7-3-4-8-14(12)19(15)18/h1-9H. The zero-order chi connectivity index (χ0) is 13.0. The van der Waals surface area contributed by atoms with Crippen molar-refractivity contribution in [2.24, 2.45) is 0 Å². The predicted octanol–water partition coefficient (Wildman–Crippen LogP) is 4.75. The van der Waals surface area contributed by atoms with Crippen molar-refractivity contribution in [1.29, 1.82) is 0 Å². The summed E-state index contributed by atoms with van der Waals surface area (Å²) in [5, 5.41) is 2.32. The van der Waals surface area contributed by atoms with Crippen molar-refractivity contribution in [1.82, 2.24) is 0 Å². The third kappa shape index (κ3) is 1.49. The molecule has 19 heavy (non-hydrogen) atoms. The first-order valence-corrected chi connectivity index (χ1v) is 7.94. The van der Waals surface area contributed by atoms with Gasteiger partial charge in [0.2, 0.25) is 0 Å². The van der Waals surface area contributed by atoms with Crippen LogP contribution in [0.4, 0.5) is 0 Å². The Balaban J connectivity index is 2.24. The maximum Gasteiger partial charge on any atom is 0.0862 e. The van der Waals surface area contributed by atoms with E-state index < -0.39 is 10.8 Å². The van der Waals surface area contributed by atoms with Crippen molar-refractivity contribution in [3.8, 4) is 11.1 Å². The second kappa shape index (κ2) is 4.02. The second-order valence-corrected chi connectivity index (χ2v) is 6.81. The molecular weight excluding hydrogens is 320 g/mol. The van der Waals surface area contributed by atoms with Gasteiger partial charge in [-0.3, -0.25) is 0 Å². The van der Waals surface area contributed by atoms with Crippen LogP contribution >= 0.6 is 15.9 Å². The number of benzene rings is 3. The van der Waals surface area contributed by atoms with Crippen LogP contribution in [0.5, 0.6) is 0 Å². The molecule has 1 unspecified atom stereocenters. The Labute approximate surface area is 121 Å². The Morgan fingerprint density at radius 2 is 1.53 bits per heavy atom. The zero-order valence-corrected chi connectivity index (χ0v) is 12.3. The van der Waals surface area contributed by atoms with Gasteiger partial charge in [0.05, 0.1) is 20.6 Å². The van der Waals surface area contributed by atoms with E-state index in [9.17, 15) is 4.21 Å².